The summed E-state index contributed by atoms with van der Waals surface area (Å²) in [6.45, 7) is 5.52. The number of hydrogen-bond donors (Lipinski definition) is 0. The van der Waals surface area contributed by atoms with Crippen LogP contribution in [0, 0.1) is 12.8 Å². The van der Waals surface area contributed by atoms with Gasteiger partial charge in [0.15, 0.2) is 17.2 Å². The van der Waals surface area contributed by atoms with Crippen molar-refractivity contribution in [3.63, 3.8) is 0 Å². The van der Waals surface area contributed by atoms with Gasteiger partial charge in [0.1, 0.15) is 5.75 Å². The molecule has 1 atom stereocenters. The molecule has 0 spiro atoms. The van der Waals surface area contributed by atoms with E-state index in [9.17, 15) is 9.59 Å². The number of aryl methyl sites for hydroxylation is 1. The van der Waals surface area contributed by atoms with E-state index in [4.69, 9.17) is 9.72 Å². The van der Waals surface area contributed by atoms with Gasteiger partial charge in [-0.25, -0.2) is 4.98 Å². The van der Waals surface area contributed by atoms with E-state index in [1.165, 1.54) is 11.3 Å². The van der Waals surface area contributed by atoms with Crippen LogP contribution >= 0.6 is 11.3 Å². The minimum absolute atomic E-state index is 0.0967. The Morgan fingerprint density at radius 2 is 2.06 bits per heavy atom. The van der Waals surface area contributed by atoms with Gasteiger partial charge < -0.3 is 14.5 Å². The molecule has 0 amide bonds. The first-order valence-electron chi connectivity index (χ1n) is 11.1. The van der Waals surface area contributed by atoms with Crippen molar-refractivity contribution in [3.8, 4) is 5.75 Å². The number of fused-ring (bicyclic) bond motifs is 1. The molecule has 2 aliphatic heterocycles. The van der Waals surface area contributed by atoms with Gasteiger partial charge in [0.25, 0.3) is 0 Å². The second-order valence-corrected chi connectivity index (χ2v) is 9.65. The van der Waals surface area contributed by atoms with E-state index in [2.05, 4.69) is 16.8 Å². The second-order valence-electron chi connectivity index (χ2n) is 8.67. The first-order valence-corrected chi connectivity index (χ1v) is 11.9. The van der Waals surface area contributed by atoms with E-state index in [0.29, 0.717) is 17.9 Å². The highest BCUT2D eigenvalue weighted by molar-refractivity contribution is 7.17. The zero-order valence-corrected chi connectivity index (χ0v) is 19.5. The van der Waals surface area contributed by atoms with Gasteiger partial charge in [-0.3, -0.25) is 9.59 Å². The highest BCUT2D eigenvalue weighted by atomic mass is 32.1. The van der Waals surface area contributed by atoms with E-state index in [1.807, 2.05) is 19.1 Å². The molecule has 1 saturated heterocycles. The summed E-state index contributed by atoms with van der Waals surface area (Å²) >= 11 is 1.53. The molecule has 1 unspecified atom stereocenters. The van der Waals surface area contributed by atoms with Gasteiger partial charge >= 0.3 is 0 Å². The number of rotatable bonds is 5. The molecule has 0 bridgehead atoms. The van der Waals surface area contributed by atoms with Gasteiger partial charge in [-0.1, -0.05) is 23.8 Å². The van der Waals surface area contributed by atoms with E-state index in [1.54, 1.807) is 7.11 Å². The van der Waals surface area contributed by atoms with Crippen molar-refractivity contribution in [2.75, 3.05) is 38.7 Å². The van der Waals surface area contributed by atoms with Crippen LogP contribution in [0.5, 0.6) is 5.75 Å². The number of likely N-dealkylation sites (tertiary alicyclic amines) is 1. The number of ketones is 1. The number of ether oxygens (including phenoxy) is 1. The Balaban J connectivity index is 1.53. The van der Waals surface area contributed by atoms with E-state index in [0.717, 1.165) is 84.9 Å². The molecular weight excluding hydrogens is 410 g/mol. The lowest BCUT2D eigenvalue weighted by atomic mass is 9.91. The lowest BCUT2D eigenvalue weighted by Crippen LogP contribution is -2.31. The molecule has 2 aliphatic rings. The lowest BCUT2D eigenvalue weighted by molar-refractivity contribution is 0.0889. The number of thiazole rings is 1. The Bertz CT molecular complexity index is 971. The van der Waals surface area contributed by atoms with Crippen LogP contribution in [0.3, 0.4) is 0 Å². The standard InChI is InChI=1S/C24H31N3O3S/c1-16-23(22(29)17-6-4-5-11-26(2)12-9-17)31-24(25-16)27-13-10-19-18(14-27)7-8-21(30-3)20(19)15-28/h7-8,15,17H,4-6,9-14H2,1-3H3. The molecule has 1 aromatic heterocycles. The third kappa shape index (κ3) is 4.53. The molecule has 0 N–H and O–H groups in total. The maximum Gasteiger partial charge on any atom is 0.186 e. The van der Waals surface area contributed by atoms with Crippen molar-refractivity contribution < 1.29 is 14.3 Å². The summed E-state index contributed by atoms with van der Waals surface area (Å²) in [6.07, 6.45) is 5.83. The topological polar surface area (TPSA) is 62.7 Å². The Morgan fingerprint density at radius 1 is 1.23 bits per heavy atom. The van der Waals surface area contributed by atoms with E-state index < -0.39 is 0 Å². The van der Waals surface area contributed by atoms with Crippen molar-refractivity contribution in [1.82, 2.24) is 9.88 Å². The normalized spacial score (nSPS) is 20.0. The predicted molar refractivity (Wildman–Crippen MR) is 124 cm³/mol. The number of aldehydes is 1. The number of Topliss-reactive ketones (excluding diaryl/α,β-unsaturated/α-hetero) is 1. The number of methoxy groups -OCH3 is 1. The second kappa shape index (κ2) is 9.49. The molecule has 0 saturated carbocycles. The Kier molecular flexibility index (Phi) is 6.72. The van der Waals surface area contributed by atoms with Gasteiger partial charge in [0, 0.05) is 19.0 Å². The highest BCUT2D eigenvalue weighted by Gasteiger charge is 2.28. The van der Waals surface area contributed by atoms with Crippen LogP contribution < -0.4 is 9.64 Å². The van der Waals surface area contributed by atoms with Crippen molar-refractivity contribution in [2.45, 2.75) is 45.6 Å². The molecule has 1 aromatic carbocycles. The van der Waals surface area contributed by atoms with Crippen LogP contribution in [0.25, 0.3) is 0 Å². The number of anilines is 1. The van der Waals surface area contributed by atoms with E-state index >= 15 is 0 Å². The molecule has 2 aromatic rings. The van der Waals surface area contributed by atoms with Gasteiger partial charge in [0.2, 0.25) is 0 Å². The van der Waals surface area contributed by atoms with Crippen LogP contribution in [0.15, 0.2) is 12.1 Å². The predicted octanol–water partition coefficient (Wildman–Crippen LogP) is 4.14. The molecule has 3 heterocycles. The number of carbonyl (C=O) groups excluding carboxylic acids is 2. The van der Waals surface area contributed by atoms with Crippen LogP contribution in [0.1, 0.15) is 62.5 Å². The highest BCUT2D eigenvalue weighted by Crippen LogP contribution is 2.35. The van der Waals surface area contributed by atoms with Crippen LogP contribution in [-0.2, 0) is 13.0 Å². The third-order valence-electron chi connectivity index (χ3n) is 6.60. The van der Waals surface area contributed by atoms with E-state index in [-0.39, 0.29) is 11.7 Å². The third-order valence-corrected chi connectivity index (χ3v) is 7.83. The minimum atomic E-state index is 0.0967. The van der Waals surface area contributed by atoms with Crippen LogP contribution in [0.4, 0.5) is 5.13 Å². The fraction of sp³-hybridized carbons (Fsp3) is 0.542. The van der Waals surface area contributed by atoms with Crippen molar-refractivity contribution in [2.24, 2.45) is 5.92 Å². The quantitative estimate of drug-likeness (QED) is 0.513. The number of benzene rings is 1. The molecular formula is C24H31N3O3S. The summed E-state index contributed by atoms with van der Waals surface area (Å²) in [4.78, 5) is 35.1. The Labute approximate surface area is 188 Å². The first kappa shape index (κ1) is 22.0. The lowest BCUT2D eigenvalue weighted by Gasteiger charge is -2.29. The summed E-state index contributed by atoms with van der Waals surface area (Å²) in [5.74, 6) is 0.992. The summed E-state index contributed by atoms with van der Waals surface area (Å²) in [5, 5.41) is 0.901. The smallest absolute Gasteiger partial charge is 0.186 e. The molecule has 0 aliphatic carbocycles. The summed E-state index contributed by atoms with van der Waals surface area (Å²) in [6, 6.07) is 3.89. The number of aromatic nitrogens is 1. The van der Waals surface area contributed by atoms with Crippen molar-refractivity contribution in [3.05, 3.63) is 39.4 Å². The van der Waals surface area contributed by atoms with Gasteiger partial charge in [-0.2, -0.15) is 0 Å². The molecule has 1 fully saturated rings. The zero-order valence-electron chi connectivity index (χ0n) is 18.6. The average Bonchev–Trinajstić information content (AvgIpc) is 3.16. The van der Waals surface area contributed by atoms with Gasteiger partial charge in [-0.05, 0) is 69.9 Å². The Hall–Kier alpha value is -2.25. The summed E-state index contributed by atoms with van der Waals surface area (Å²) in [5.41, 5.74) is 3.68. The fourth-order valence-electron chi connectivity index (χ4n) is 4.73. The minimum Gasteiger partial charge on any atom is -0.496 e. The molecule has 0 radical (unpaired) electrons. The fourth-order valence-corrected chi connectivity index (χ4v) is 5.84. The maximum absolute atomic E-state index is 13.3. The average molecular weight is 442 g/mol. The summed E-state index contributed by atoms with van der Waals surface area (Å²) < 4.78 is 5.34. The molecule has 6 nitrogen and oxygen atoms in total. The monoisotopic (exact) mass is 441 g/mol. The zero-order chi connectivity index (χ0) is 22.0. The molecule has 7 heteroatoms. The van der Waals surface area contributed by atoms with Gasteiger partial charge in [0.05, 0.1) is 23.2 Å². The van der Waals surface area contributed by atoms with Crippen molar-refractivity contribution in [1.29, 1.82) is 0 Å². The number of carbonyl (C=O) groups is 2. The largest absolute Gasteiger partial charge is 0.496 e. The molecule has 4 rings (SSSR count). The SMILES string of the molecule is COc1ccc2c(c1C=O)CCN(c1nc(C)c(C(=O)C3CCCCN(C)CC3)s1)C2. The Morgan fingerprint density at radius 3 is 2.84 bits per heavy atom. The van der Waals surface area contributed by atoms with Crippen LogP contribution in [0.2, 0.25) is 0 Å². The van der Waals surface area contributed by atoms with Crippen molar-refractivity contribution >= 4 is 28.5 Å². The van der Waals surface area contributed by atoms with Crippen LogP contribution in [-0.4, -0.2) is 55.7 Å². The number of nitrogens with zero attached hydrogens (tertiary/aromatic N) is 3. The molecule has 166 valence electrons. The maximum atomic E-state index is 13.3. The first-order chi connectivity index (χ1) is 15.0. The molecule has 31 heavy (non-hydrogen) atoms. The summed E-state index contributed by atoms with van der Waals surface area (Å²) in [7, 11) is 3.73. The van der Waals surface area contributed by atoms with Gasteiger partial charge in [-0.15, -0.1) is 0 Å². The number of hydrogen-bond acceptors (Lipinski definition) is 7.